The fourth-order valence-corrected chi connectivity index (χ4v) is 2.43. The van der Waals surface area contributed by atoms with Crippen molar-refractivity contribution in [1.29, 1.82) is 5.26 Å². The van der Waals surface area contributed by atoms with E-state index in [0.717, 1.165) is 0 Å². The highest BCUT2D eigenvalue weighted by atomic mass is 19.1. The van der Waals surface area contributed by atoms with Gasteiger partial charge in [0.05, 0.1) is 5.56 Å². The van der Waals surface area contributed by atoms with Crippen molar-refractivity contribution >= 4 is 5.69 Å². The third-order valence-corrected chi connectivity index (χ3v) is 3.58. The molecule has 0 spiro atoms. The van der Waals surface area contributed by atoms with E-state index in [1.54, 1.807) is 19.1 Å². The smallest absolute Gasteiger partial charge is 0.125 e. The molecule has 0 radical (unpaired) electrons. The van der Waals surface area contributed by atoms with Crippen LogP contribution >= 0.6 is 0 Å². The van der Waals surface area contributed by atoms with Crippen molar-refractivity contribution in [3.8, 4) is 28.7 Å². The third-order valence-electron chi connectivity index (χ3n) is 3.58. The van der Waals surface area contributed by atoms with Gasteiger partial charge in [0.2, 0.25) is 0 Å². The lowest BCUT2D eigenvalue weighted by atomic mass is 9.94. The van der Waals surface area contributed by atoms with Crippen LogP contribution in [0.5, 0.6) is 11.5 Å². The molecule has 0 unspecified atom stereocenters. The van der Waals surface area contributed by atoms with Gasteiger partial charge in [0.1, 0.15) is 17.6 Å². The molecule has 2 rings (SSSR count). The molecule has 0 aliphatic heterocycles. The van der Waals surface area contributed by atoms with E-state index in [-0.39, 0.29) is 28.5 Å². The highest BCUT2D eigenvalue weighted by Crippen LogP contribution is 2.40. The molecule has 0 aliphatic rings. The molecule has 23 heavy (non-hydrogen) atoms. The number of benzene rings is 2. The van der Waals surface area contributed by atoms with Crippen LogP contribution < -0.4 is 10.4 Å². The summed E-state index contributed by atoms with van der Waals surface area (Å²) in [6.07, 6.45) is 0. The topological polar surface area (TPSA) is 79.1 Å². The second-order valence-corrected chi connectivity index (χ2v) is 5.83. The van der Waals surface area contributed by atoms with Crippen molar-refractivity contribution in [1.82, 2.24) is 0 Å². The Morgan fingerprint density at radius 2 is 2.09 bits per heavy atom. The van der Waals surface area contributed by atoms with Crippen molar-refractivity contribution in [2.24, 2.45) is 5.92 Å². The van der Waals surface area contributed by atoms with Crippen molar-refractivity contribution in [2.75, 3.05) is 11.9 Å². The number of nitrogens with zero attached hydrogens (tertiary/aromatic N) is 1. The average molecular weight is 313 g/mol. The summed E-state index contributed by atoms with van der Waals surface area (Å²) in [5, 5.41) is 34.2. The number of phenols is 1. The zero-order valence-electron chi connectivity index (χ0n) is 13.3. The molecule has 0 amide bonds. The van der Waals surface area contributed by atoms with Crippen molar-refractivity contribution in [3.05, 3.63) is 41.2 Å². The lowest BCUT2D eigenvalue weighted by Crippen LogP contribution is -2.14. The summed E-state index contributed by atoms with van der Waals surface area (Å²) in [7, 11) is 0. The van der Waals surface area contributed by atoms with Crippen LogP contribution in [0.3, 0.4) is 0 Å². The fraction of sp³-hybridized carbons (Fsp3) is 0.278. The van der Waals surface area contributed by atoms with Crippen LogP contribution in [0.15, 0.2) is 24.3 Å². The van der Waals surface area contributed by atoms with Gasteiger partial charge in [-0.3, -0.25) is 0 Å². The van der Waals surface area contributed by atoms with Gasteiger partial charge < -0.3 is 15.5 Å². The first-order valence-electron chi connectivity index (χ1n) is 7.33. The van der Waals surface area contributed by atoms with E-state index in [1.807, 2.05) is 19.9 Å². The first-order chi connectivity index (χ1) is 10.9. The summed E-state index contributed by atoms with van der Waals surface area (Å²) < 4.78 is 14.6. The van der Waals surface area contributed by atoms with Crippen LogP contribution in [0, 0.1) is 30.0 Å². The molecule has 2 N–H and O–H groups in total. The van der Waals surface area contributed by atoms with Crippen LogP contribution in [-0.4, -0.2) is 11.7 Å². The van der Waals surface area contributed by atoms with Gasteiger partial charge in [0, 0.05) is 17.8 Å². The molecule has 2 aromatic carbocycles. The van der Waals surface area contributed by atoms with E-state index in [0.29, 0.717) is 17.7 Å². The van der Waals surface area contributed by atoms with E-state index < -0.39 is 11.6 Å². The highest BCUT2D eigenvalue weighted by molar-refractivity contribution is 5.81. The molecular weight excluding hydrogens is 295 g/mol. The predicted molar refractivity (Wildman–Crippen MR) is 85.7 cm³/mol. The van der Waals surface area contributed by atoms with Crippen LogP contribution in [0.4, 0.5) is 10.1 Å². The van der Waals surface area contributed by atoms with E-state index in [1.165, 1.54) is 12.1 Å². The Labute approximate surface area is 134 Å². The Hall–Kier alpha value is -2.74. The zero-order valence-corrected chi connectivity index (χ0v) is 13.3. The van der Waals surface area contributed by atoms with Gasteiger partial charge in [-0.2, -0.15) is 5.26 Å². The number of aromatic hydroxyl groups is 1. The Morgan fingerprint density at radius 3 is 2.65 bits per heavy atom. The van der Waals surface area contributed by atoms with Crippen LogP contribution in [0.2, 0.25) is 0 Å². The van der Waals surface area contributed by atoms with Crippen molar-refractivity contribution < 1.29 is 14.6 Å². The quantitative estimate of drug-likeness (QED) is 0.905. The van der Waals surface area contributed by atoms with Crippen LogP contribution in [0.25, 0.3) is 11.1 Å². The number of nitrogens with one attached hydrogen (secondary N) is 1. The molecule has 4 nitrogen and oxygen atoms in total. The number of hydrogen-bond donors (Lipinski definition) is 2. The second-order valence-electron chi connectivity index (χ2n) is 5.83. The van der Waals surface area contributed by atoms with E-state index in [4.69, 9.17) is 0 Å². The van der Waals surface area contributed by atoms with Gasteiger partial charge in [-0.25, -0.2) is 4.39 Å². The number of rotatable bonds is 4. The van der Waals surface area contributed by atoms with Gasteiger partial charge >= 0.3 is 0 Å². The minimum absolute atomic E-state index is 0.0000954. The van der Waals surface area contributed by atoms with E-state index in [2.05, 4.69) is 5.32 Å². The predicted octanol–water partition coefficient (Wildman–Crippen LogP) is 3.52. The molecule has 0 fully saturated rings. The molecule has 120 valence electrons. The largest absolute Gasteiger partial charge is 0.869 e. The molecule has 0 bridgehead atoms. The third kappa shape index (κ3) is 3.21. The molecule has 0 saturated heterocycles. The van der Waals surface area contributed by atoms with Gasteiger partial charge in [0.25, 0.3) is 0 Å². The Bertz CT molecular complexity index is 780. The maximum absolute atomic E-state index is 14.6. The van der Waals surface area contributed by atoms with Crippen LogP contribution in [0.1, 0.15) is 25.0 Å². The monoisotopic (exact) mass is 313 g/mol. The summed E-state index contributed by atoms with van der Waals surface area (Å²) >= 11 is 0. The molecule has 5 heteroatoms. The summed E-state index contributed by atoms with van der Waals surface area (Å²) in [4.78, 5) is 0. The number of anilines is 1. The van der Waals surface area contributed by atoms with Gasteiger partial charge in [-0.05, 0) is 41.9 Å². The van der Waals surface area contributed by atoms with Crippen molar-refractivity contribution in [2.45, 2.75) is 20.8 Å². The lowest BCUT2D eigenvalue weighted by Gasteiger charge is -2.23. The van der Waals surface area contributed by atoms with Gasteiger partial charge in [0.15, 0.2) is 0 Å². The first kappa shape index (κ1) is 16.6. The molecule has 0 atom stereocenters. The molecule has 0 heterocycles. The number of halogens is 1. The Balaban J connectivity index is 2.68. The molecule has 0 aliphatic carbocycles. The van der Waals surface area contributed by atoms with Crippen molar-refractivity contribution in [3.63, 3.8) is 0 Å². The summed E-state index contributed by atoms with van der Waals surface area (Å²) in [6.45, 7) is 5.97. The minimum atomic E-state index is -0.918. The normalized spacial score (nSPS) is 10.6. The maximum Gasteiger partial charge on any atom is 0.125 e. The first-order valence-corrected chi connectivity index (χ1v) is 7.33. The number of nitriles is 1. The fourth-order valence-electron chi connectivity index (χ4n) is 2.43. The summed E-state index contributed by atoms with van der Waals surface area (Å²) in [5.41, 5.74) is 0.929. The minimum Gasteiger partial charge on any atom is -0.869 e. The highest BCUT2D eigenvalue weighted by Gasteiger charge is 2.19. The van der Waals surface area contributed by atoms with Gasteiger partial charge in [-0.15, -0.1) is 0 Å². The molecular formula is C18H18FN2O2-. The Kier molecular flexibility index (Phi) is 4.75. The van der Waals surface area contributed by atoms with Gasteiger partial charge in [-0.1, -0.05) is 26.0 Å². The SMILES string of the molecule is Cc1c(C#N)c(NCC(C)C)c([O-])c(F)c1-c1cccc(O)c1. The lowest BCUT2D eigenvalue weighted by molar-refractivity contribution is -0.271. The maximum atomic E-state index is 14.6. The standard InChI is InChI=1S/C18H19FN2O2/c1-10(2)9-21-17-14(8-20)11(3)15(16(19)18(17)23)12-5-4-6-13(22)7-12/h4-7,10,21-23H,9H2,1-3H3/p-1. The average Bonchev–Trinajstić information content (AvgIpc) is 2.49. The number of phenolic OH excluding ortho intramolecular Hbond substituents is 1. The van der Waals surface area contributed by atoms with Crippen LogP contribution in [-0.2, 0) is 0 Å². The molecule has 0 saturated carbocycles. The molecule has 0 aromatic heterocycles. The number of hydrogen-bond acceptors (Lipinski definition) is 4. The Morgan fingerprint density at radius 1 is 1.39 bits per heavy atom. The van der Waals surface area contributed by atoms with E-state index in [9.17, 15) is 19.9 Å². The second kappa shape index (κ2) is 6.57. The summed E-state index contributed by atoms with van der Waals surface area (Å²) in [5.74, 6) is -1.53. The zero-order chi connectivity index (χ0) is 17.1. The van der Waals surface area contributed by atoms with E-state index >= 15 is 0 Å². The summed E-state index contributed by atoms with van der Waals surface area (Å²) in [6, 6.07) is 7.96. The molecule has 2 aromatic rings.